The van der Waals surface area contributed by atoms with E-state index >= 15 is 0 Å². The summed E-state index contributed by atoms with van der Waals surface area (Å²) in [5.74, 6) is 0. The van der Waals surface area contributed by atoms with Crippen LogP contribution in [0.3, 0.4) is 0 Å². The molecule has 0 aromatic rings. The minimum atomic E-state index is 0.599. The van der Waals surface area contributed by atoms with Gasteiger partial charge in [-0.15, -0.1) is 0 Å². The molecule has 0 spiro atoms. The molecule has 0 aliphatic carbocycles. The van der Waals surface area contributed by atoms with Crippen LogP contribution < -0.4 is 5.73 Å². The fraction of sp³-hybridized carbons (Fsp3) is 0.333. The Labute approximate surface area is 73.2 Å². The molecule has 0 saturated carbocycles. The Balaban J connectivity index is 4.59. The van der Waals surface area contributed by atoms with Gasteiger partial charge in [0.2, 0.25) is 0 Å². The number of hydrogen-bond acceptors (Lipinski definition) is 2. The van der Waals surface area contributed by atoms with Crippen LogP contribution in [0.5, 0.6) is 0 Å². The number of aliphatic imine (C=N–C) groups is 1. The highest BCUT2D eigenvalue weighted by Crippen LogP contribution is 2.04. The van der Waals surface area contributed by atoms with Crippen molar-refractivity contribution in [3.63, 3.8) is 0 Å². The van der Waals surface area contributed by atoms with Crippen molar-refractivity contribution in [1.82, 2.24) is 0 Å². The molecule has 0 aromatic carbocycles. The lowest BCUT2D eigenvalue weighted by Gasteiger charge is -1.95. The fourth-order valence-electron chi connectivity index (χ4n) is 0.713. The summed E-state index contributed by atoms with van der Waals surface area (Å²) >= 11 is 0. The van der Waals surface area contributed by atoms with Gasteiger partial charge in [-0.05, 0) is 18.9 Å². The minimum absolute atomic E-state index is 0.599. The number of nitrogens with two attached hydrogens (primary N) is 1. The highest BCUT2D eigenvalue weighted by atomic mass is 14.8. The Kier molecular flexibility index (Phi) is 5.61. The van der Waals surface area contributed by atoms with Gasteiger partial charge in [0.1, 0.15) is 0 Å². The molecule has 0 saturated heterocycles. The van der Waals surface area contributed by atoms with E-state index in [9.17, 15) is 0 Å². The zero-order valence-electron chi connectivity index (χ0n) is 7.54. The lowest BCUT2D eigenvalue weighted by molar-refractivity contribution is 1.21. The van der Waals surface area contributed by atoms with E-state index in [1.807, 2.05) is 19.1 Å². The van der Waals surface area contributed by atoms with Gasteiger partial charge in [0.15, 0.2) is 0 Å². The minimum Gasteiger partial charge on any atom is -0.390 e. The molecular weight excluding hydrogens is 150 g/mol. The summed E-state index contributed by atoms with van der Waals surface area (Å²) in [6, 6.07) is 0. The van der Waals surface area contributed by atoms with Crippen molar-refractivity contribution in [3.05, 3.63) is 23.4 Å². The van der Waals surface area contributed by atoms with Crippen LogP contribution in [0.15, 0.2) is 28.4 Å². The summed E-state index contributed by atoms with van der Waals surface area (Å²) in [5.41, 5.74) is 6.67. The molecule has 12 heavy (non-hydrogen) atoms. The first-order valence-electron chi connectivity index (χ1n) is 3.88. The van der Waals surface area contributed by atoms with Gasteiger partial charge in [0.05, 0.1) is 12.0 Å². The summed E-state index contributed by atoms with van der Waals surface area (Å²) in [7, 11) is 0. The Morgan fingerprint density at radius 1 is 1.58 bits per heavy atom. The Hall–Kier alpha value is -1.38. The van der Waals surface area contributed by atoms with Crippen molar-refractivity contribution >= 4 is 12.6 Å². The van der Waals surface area contributed by atoms with E-state index in [-0.39, 0.29) is 0 Å². The van der Waals surface area contributed by atoms with E-state index in [0.29, 0.717) is 5.70 Å². The van der Waals surface area contributed by atoms with Crippen molar-refractivity contribution in [2.45, 2.75) is 20.3 Å². The van der Waals surface area contributed by atoms with Crippen LogP contribution in [-0.4, -0.2) is 12.6 Å². The number of allylic oxidation sites excluding steroid dienone is 4. The summed E-state index contributed by atoms with van der Waals surface area (Å²) in [6.07, 6.45) is 7.33. The quantitative estimate of drug-likeness (QED) is 0.373. The van der Waals surface area contributed by atoms with E-state index in [2.05, 4.69) is 11.9 Å². The molecule has 0 fully saturated rings. The molecule has 3 N–H and O–H groups in total. The summed E-state index contributed by atoms with van der Waals surface area (Å²) in [6.45, 7) is 3.96. The van der Waals surface area contributed by atoms with Crippen LogP contribution >= 0.6 is 0 Å². The summed E-state index contributed by atoms with van der Waals surface area (Å²) in [5, 5.41) is 7.04. The molecule has 66 valence electrons. The largest absolute Gasteiger partial charge is 0.390 e. The smallest absolute Gasteiger partial charge is 0.0861 e. The molecule has 0 atom stereocenters. The topological polar surface area (TPSA) is 62.2 Å². The first-order chi connectivity index (χ1) is 5.76. The number of hydrogen-bond donors (Lipinski definition) is 2. The number of nitrogens with one attached hydrogen (secondary N) is 1. The van der Waals surface area contributed by atoms with Crippen molar-refractivity contribution in [2.75, 3.05) is 0 Å². The van der Waals surface area contributed by atoms with Crippen molar-refractivity contribution in [1.29, 1.82) is 5.41 Å². The highest BCUT2D eigenvalue weighted by molar-refractivity contribution is 5.79. The average molecular weight is 165 g/mol. The fourth-order valence-corrected chi connectivity index (χ4v) is 0.713. The predicted molar refractivity (Wildman–Crippen MR) is 53.6 cm³/mol. The summed E-state index contributed by atoms with van der Waals surface area (Å²) < 4.78 is 0. The summed E-state index contributed by atoms with van der Waals surface area (Å²) in [4.78, 5) is 3.83. The van der Waals surface area contributed by atoms with Gasteiger partial charge in [-0.2, -0.15) is 0 Å². The molecule has 0 aromatic heterocycles. The third-order valence-corrected chi connectivity index (χ3v) is 1.36. The molecule has 0 aliphatic rings. The van der Waals surface area contributed by atoms with Gasteiger partial charge in [-0.25, -0.2) is 4.99 Å². The van der Waals surface area contributed by atoms with Crippen molar-refractivity contribution < 1.29 is 0 Å². The maximum absolute atomic E-state index is 7.04. The molecular formula is C9H15N3. The first kappa shape index (κ1) is 10.6. The van der Waals surface area contributed by atoms with Crippen LogP contribution in [0.2, 0.25) is 0 Å². The maximum atomic E-state index is 7.04. The van der Waals surface area contributed by atoms with Crippen LogP contribution in [0.1, 0.15) is 20.3 Å². The second-order valence-electron chi connectivity index (χ2n) is 2.30. The third-order valence-electron chi connectivity index (χ3n) is 1.36. The zero-order chi connectivity index (χ0) is 9.40. The molecule has 0 unspecified atom stereocenters. The molecule has 0 heterocycles. The second kappa shape index (κ2) is 6.34. The van der Waals surface area contributed by atoms with Crippen LogP contribution in [0.25, 0.3) is 0 Å². The predicted octanol–water partition coefficient (Wildman–Crippen LogP) is 1.86. The molecule has 0 bridgehead atoms. The van der Waals surface area contributed by atoms with Crippen molar-refractivity contribution in [2.24, 2.45) is 10.7 Å². The first-order valence-corrected chi connectivity index (χ1v) is 3.88. The molecule has 0 rings (SSSR count). The Morgan fingerprint density at radius 3 is 2.67 bits per heavy atom. The average Bonchev–Trinajstić information content (AvgIpc) is 2.10. The lowest BCUT2D eigenvalue weighted by atomic mass is 10.2. The van der Waals surface area contributed by atoms with Gasteiger partial charge in [0, 0.05) is 6.21 Å². The van der Waals surface area contributed by atoms with Crippen molar-refractivity contribution in [3.8, 4) is 0 Å². The maximum Gasteiger partial charge on any atom is 0.0861 e. The Morgan fingerprint density at radius 2 is 2.25 bits per heavy atom. The van der Waals surface area contributed by atoms with E-state index in [0.717, 1.165) is 12.0 Å². The highest BCUT2D eigenvalue weighted by Gasteiger charge is 1.91. The third kappa shape index (κ3) is 3.71. The Bertz CT molecular complexity index is 224. The molecule has 0 aliphatic heterocycles. The SMILES string of the molecule is CC/C=C\C(C)=C(/C=N)N=CN. The van der Waals surface area contributed by atoms with Crippen LogP contribution in [-0.2, 0) is 0 Å². The van der Waals surface area contributed by atoms with Gasteiger partial charge in [0.25, 0.3) is 0 Å². The normalized spacial score (nSPS) is 13.8. The molecule has 0 amide bonds. The zero-order valence-corrected chi connectivity index (χ0v) is 7.54. The van der Waals surface area contributed by atoms with Gasteiger partial charge in [-0.1, -0.05) is 19.1 Å². The molecule has 3 heteroatoms. The molecule has 3 nitrogen and oxygen atoms in total. The standard InChI is InChI=1S/C9H15N3/c1-3-4-5-8(2)9(6-10)12-7-11/h4-7,10H,3H2,1-2H3,(H2,11,12)/b5-4-,9-8+,10-6?. The van der Waals surface area contributed by atoms with E-state index in [1.165, 1.54) is 12.6 Å². The lowest BCUT2D eigenvalue weighted by Crippen LogP contribution is -1.92. The van der Waals surface area contributed by atoms with Gasteiger partial charge < -0.3 is 11.1 Å². The monoisotopic (exact) mass is 165 g/mol. The van der Waals surface area contributed by atoms with E-state index in [4.69, 9.17) is 11.1 Å². The number of nitrogens with zero attached hydrogens (tertiary/aromatic N) is 1. The van der Waals surface area contributed by atoms with E-state index < -0.39 is 0 Å². The van der Waals surface area contributed by atoms with Crippen LogP contribution in [0, 0.1) is 5.41 Å². The van der Waals surface area contributed by atoms with Crippen LogP contribution in [0.4, 0.5) is 0 Å². The van der Waals surface area contributed by atoms with Gasteiger partial charge >= 0.3 is 0 Å². The molecule has 0 radical (unpaired) electrons. The second-order valence-corrected chi connectivity index (χ2v) is 2.30. The van der Waals surface area contributed by atoms with E-state index in [1.54, 1.807) is 0 Å². The number of rotatable bonds is 4. The van der Waals surface area contributed by atoms with Gasteiger partial charge in [-0.3, -0.25) is 0 Å².